The number of hydrogen-bond donors (Lipinski definition) is 1. The van der Waals surface area contributed by atoms with Crippen molar-refractivity contribution in [3.63, 3.8) is 0 Å². The number of hydrogen-bond acceptors (Lipinski definition) is 4. The number of nitro groups is 1. The summed E-state index contributed by atoms with van der Waals surface area (Å²) in [6.45, 7) is 0.0647. The average molecular weight is 246 g/mol. The molecule has 0 aliphatic rings. The largest absolute Gasteiger partial charge is 0.494 e. The summed E-state index contributed by atoms with van der Waals surface area (Å²) in [5.41, 5.74) is 0.139. The van der Waals surface area contributed by atoms with Crippen molar-refractivity contribution in [2.75, 3.05) is 12.5 Å². The van der Waals surface area contributed by atoms with Crippen LogP contribution < -0.4 is 4.74 Å². The molecule has 0 bridgehead atoms. The van der Waals surface area contributed by atoms with Gasteiger partial charge in [0, 0.05) is 11.9 Å². The van der Waals surface area contributed by atoms with Crippen LogP contribution >= 0.6 is 11.6 Å². The first kappa shape index (κ1) is 12.7. The third-order valence-electron chi connectivity index (χ3n) is 1.96. The average Bonchev–Trinajstić information content (AvgIpc) is 2.29. The molecule has 0 aliphatic heterocycles. The number of nitrogens with zero attached hydrogens (tertiary/aromatic N) is 1. The molecule has 0 atom stereocenters. The molecule has 1 aromatic carbocycles. The molecule has 0 amide bonds. The Balaban J connectivity index is 2.78. The van der Waals surface area contributed by atoms with Crippen LogP contribution in [0.15, 0.2) is 18.2 Å². The van der Waals surface area contributed by atoms with Gasteiger partial charge in [-0.3, -0.25) is 10.1 Å². The van der Waals surface area contributed by atoms with Gasteiger partial charge < -0.3 is 9.84 Å². The summed E-state index contributed by atoms with van der Waals surface area (Å²) in [6.07, 6.45) is 0.701. The molecule has 0 unspecified atom stereocenters. The van der Waals surface area contributed by atoms with E-state index in [9.17, 15) is 10.1 Å². The summed E-state index contributed by atoms with van der Waals surface area (Å²) in [5.74, 6) is 1.000. The van der Waals surface area contributed by atoms with Crippen LogP contribution in [-0.2, 0) is 6.61 Å². The van der Waals surface area contributed by atoms with Crippen LogP contribution in [0.2, 0.25) is 0 Å². The lowest BCUT2D eigenvalue weighted by atomic mass is 10.2. The molecule has 0 fully saturated rings. The minimum atomic E-state index is -0.534. The van der Waals surface area contributed by atoms with Crippen molar-refractivity contribution in [2.45, 2.75) is 13.0 Å². The van der Waals surface area contributed by atoms with E-state index in [1.807, 2.05) is 0 Å². The zero-order valence-electron chi connectivity index (χ0n) is 8.56. The number of rotatable bonds is 6. The van der Waals surface area contributed by atoms with Crippen molar-refractivity contribution < 1.29 is 14.8 Å². The lowest BCUT2D eigenvalue weighted by Crippen LogP contribution is -2.00. The van der Waals surface area contributed by atoms with E-state index < -0.39 is 4.92 Å². The molecule has 0 spiro atoms. The third-order valence-corrected chi connectivity index (χ3v) is 2.23. The summed E-state index contributed by atoms with van der Waals surface area (Å²) < 4.78 is 5.31. The van der Waals surface area contributed by atoms with Crippen molar-refractivity contribution in [1.82, 2.24) is 0 Å². The van der Waals surface area contributed by atoms with Gasteiger partial charge in [-0.05, 0) is 18.6 Å². The Hall–Kier alpha value is -1.33. The molecule has 88 valence electrons. The van der Waals surface area contributed by atoms with Crippen molar-refractivity contribution in [2.24, 2.45) is 0 Å². The van der Waals surface area contributed by atoms with E-state index in [1.54, 1.807) is 0 Å². The van der Waals surface area contributed by atoms with Crippen LogP contribution in [0, 0.1) is 10.1 Å². The number of alkyl halides is 1. The Morgan fingerprint density at radius 2 is 2.25 bits per heavy atom. The first-order chi connectivity index (χ1) is 7.69. The molecule has 6 heteroatoms. The van der Waals surface area contributed by atoms with Gasteiger partial charge in [-0.15, -0.1) is 11.6 Å². The summed E-state index contributed by atoms with van der Waals surface area (Å²) in [7, 11) is 0. The van der Waals surface area contributed by atoms with Crippen LogP contribution in [0.4, 0.5) is 5.69 Å². The molecule has 0 radical (unpaired) electrons. The normalized spacial score (nSPS) is 10.1. The highest BCUT2D eigenvalue weighted by Gasteiger charge is 2.13. The van der Waals surface area contributed by atoms with Crippen LogP contribution in [0.3, 0.4) is 0 Å². The van der Waals surface area contributed by atoms with Gasteiger partial charge in [0.25, 0.3) is 5.69 Å². The van der Waals surface area contributed by atoms with Crippen molar-refractivity contribution in [3.8, 4) is 5.75 Å². The zero-order chi connectivity index (χ0) is 12.0. The van der Waals surface area contributed by atoms with E-state index in [0.717, 1.165) is 0 Å². The fourth-order valence-corrected chi connectivity index (χ4v) is 1.31. The summed E-state index contributed by atoms with van der Waals surface area (Å²) in [4.78, 5) is 10.1. The first-order valence-electron chi connectivity index (χ1n) is 4.76. The molecule has 16 heavy (non-hydrogen) atoms. The third kappa shape index (κ3) is 3.36. The van der Waals surface area contributed by atoms with Crippen LogP contribution in [-0.4, -0.2) is 22.5 Å². The Bertz CT molecular complexity index is 370. The first-order valence-corrected chi connectivity index (χ1v) is 5.29. The number of aliphatic hydroxyl groups excluding tert-OH is 1. The molecule has 5 nitrogen and oxygen atoms in total. The molecule has 0 heterocycles. The predicted molar refractivity (Wildman–Crippen MR) is 59.9 cm³/mol. The van der Waals surface area contributed by atoms with Crippen LogP contribution in [0.5, 0.6) is 5.75 Å². The van der Waals surface area contributed by atoms with E-state index in [4.69, 9.17) is 21.4 Å². The van der Waals surface area contributed by atoms with Crippen LogP contribution in [0.1, 0.15) is 12.0 Å². The Morgan fingerprint density at radius 3 is 2.81 bits per heavy atom. The van der Waals surface area contributed by atoms with Crippen LogP contribution in [0.25, 0.3) is 0 Å². The lowest BCUT2D eigenvalue weighted by Gasteiger charge is -2.06. The monoisotopic (exact) mass is 245 g/mol. The molecule has 0 saturated carbocycles. The quantitative estimate of drug-likeness (QED) is 0.361. The van der Waals surface area contributed by atoms with Crippen molar-refractivity contribution in [3.05, 3.63) is 33.9 Å². The van der Waals surface area contributed by atoms with Gasteiger partial charge in [0.05, 0.1) is 23.7 Å². The topological polar surface area (TPSA) is 72.6 Å². The minimum absolute atomic E-state index is 0.104. The summed E-state index contributed by atoms with van der Waals surface area (Å²) in [5, 5.41) is 19.6. The van der Waals surface area contributed by atoms with E-state index in [0.29, 0.717) is 24.7 Å². The predicted octanol–water partition coefficient (Wildman–Crippen LogP) is 2.09. The molecule has 1 aromatic rings. The molecular weight excluding hydrogens is 234 g/mol. The van der Waals surface area contributed by atoms with Gasteiger partial charge >= 0.3 is 0 Å². The molecular formula is C10H12ClNO4. The fourth-order valence-electron chi connectivity index (χ4n) is 1.20. The highest BCUT2D eigenvalue weighted by atomic mass is 35.5. The smallest absolute Gasteiger partial charge is 0.275 e. The number of nitro benzene ring substituents is 1. The SMILES string of the molecule is O=[N+]([O-])c1ccc(OCCCCl)cc1CO. The minimum Gasteiger partial charge on any atom is -0.494 e. The molecule has 0 aromatic heterocycles. The van der Waals surface area contributed by atoms with E-state index >= 15 is 0 Å². The van der Waals surface area contributed by atoms with E-state index in [2.05, 4.69) is 0 Å². The Morgan fingerprint density at radius 1 is 1.50 bits per heavy atom. The standard InChI is InChI=1S/C10H12ClNO4/c11-4-1-5-16-9-2-3-10(12(14)15)8(6-9)7-13/h2-3,6,13H,1,4-5,7H2. The number of benzene rings is 1. The highest BCUT2D eigenvalue weighted by molar-refractivity contribution is 6.17. The second kappa shape index (κ2) is 6.30. The van der Waals surface area contributed by atoms with E-state index in [1.165, 1.54) is 18.2 Å². The highest BCUT2D eigenvalue weighted by Crippen LogP contribution is 2.24. The molecule has 1 rings (SSSR count). The second-order valence-corrected chi connectivity index (χ2v) is 3.47. The Labute approximate surface area is 97.8 Å². The van der Waals surface area contributed by atoms with Crippen molar-refractivity contribution >= 4 is 17.3 Å². The maximum atomic E-state index is 10.6. The molecule has 1 N–H and O–H groups in total. The second-order valence-electron chi connectivity index (χ2n) is 3.10. The fraction of sp³-hybridized carbons (Fsp3) is 0.400. The number of ether oxygens (including phenoxy) is 1. The van der Waals surface area contributed by atoms with Gasteiger partial charge in [-0.25, -0.2) is 0 Å². The van der Waals surface area contributed by atoms with Gasteiger partial charge in [0.15, 0.2) is 0 Å². The Kier molecular flexibility index (Phi) is 5.01. The number of aliphatic hydroxyl groups is 1. The maximum Gasteiger partial charge on any atom is 0.275 e. The van der Waals surface area contributed by atoms with Gasteiger partial charge in [-0.2, -0.15) is 0 Å². The zero-order valence-corrected chi connectivity index (χ0v) is 9.31. The van der Waals surface area contributed by atoms with Crippen molar-refractivity contribution in [1.29, 1.82) is 0 Å². The van der Waals surface area contributed by atoms with Gasteiger partial charge in [0.2, 0.25) is 0 Å². The maximum absolute atomic E-state index is 10.6. The van der Waals surface area contributed by atoms with E-state index in [-0.39, 0.29) is 17.9 Å². The van der Waals surface area contributed by atoms with Gasteiger partial charge in [-0.1, -0.05) is 0 Å². The molecule has 0 saturated heterocycles. The summed E-state index contributed by atoms with van der Waals surface area (Å²) >= 11 is 5.48. The molecule has 0 aliphatic carbocycles. The lowest BCUT2D eigenvalue weighted by molar-refractivity contribution is -0.385. The number of halogens is 1. The van der Waals surface area contributed by atoms with Gasteiger partial charge in [0.1, 0.15) is 5.75 Å². The summed E-state index contributed by atoms with van der Waals surface area (Å²) in [6, 6.07) is 4.29.